The molecule has 176 valence electrons. The van der Waals surface area contributed by atoms with Gasteiger partial charge in [0.1, 0.15) is 18.9 Å². The van der Waals surface area contributed by atoms with Gasteiger partial charge in [-0.3, -0.25) is 4.79 Å². The third-order valence-electron chi connectivity index (χ3n) is 7.08. The molecule has 3 aliphatic rings. The topological polar surface area (TPSA) is 58.6 Å². The molecule has 1 amide bonds. The van der Waals surface area contributed by atoms with Crippen LogP contribution in [0.25, 0.3) is 0 Å². The van der Waals surface area contributed by atoms with Gasteiger partial charge in [-0.25, -0.2) is 0 Å². The number of fused-ring (bicyclic) bond motifs is 3. The molecule has 3 saturated heterocycles. The summed E-state index contributed by atoms with van der Waals surface area (Å²) in [5.41, 5.74) is -1.63. The minimum absolute atomic E-state index is 0. The molecular weight excluding hydrogens is 520 g/mol. The van der Waals surface area contributed by atoms with Crippen LogP contribution in [0.3, 0.4) is 0 Å². The molecule has 6 rings (SSSR count). The van der Waals surface area contributed by atoms with E-state index < -0.39 is 5.60 Å². The number of benzene rings is 1. The van der Waals surface area contributed by atoms with Crippen molar-refractivity contribution in [2.75, 3.05) is 32.8 Å². The molecule has 0 spiro atoms. The van der Waals surface area contributed by atoms with Gasteiger partial charge in [0.05, 0.1) is 35.4 Å². The molecule has 2 N–H and O–H groups in total. The summed E-state index contributed by atoms with van der Waals surface area (Å²) in [6.07, 6.45) is 2.21. The van der Waals surface area contributed by atoms with Crippen LogP contribution < -0.4 is 27.0 Å². The Hall–Kier alpha value is -1.71. The highest BCUT2D eigenvalue weighted by molar-refractivity contribution is 7.12. The molecule has 3 aliphatic heterocycles. The van der Waals surface area contributed by atoms with Crippen LogP contribution in [-0.4, -0.2) is 54.3 Å². The Morgan fingerprint density at radius 3 is 2.24 bits per heavy atom. The van der Waals surface area contributed by atoms with E-state index in [1.165, 1.54) is 22.7 Å². The van der Waals surface area contributed by atoms with Crippen LogP contribution in [0, 0.1) is 5.92 Å². The highest BCUT2D eigenvalue weighted by atomic mass is 79.9. The lowest BCUT2D eigenvalue weighted by Crippen LogP contribution is -3.00. The highest BCUT2D eigenvalue weighted by Gasteiger charge is 2.49. The average molecular weight is 550 g/mol. The van der Waals surface area contributed by atoms with Crippen molar-refractivity contribution in [1.29, 1.82) is 0 Å². The number of aliphatic hydroxyl groups is 1. The second kappa shape index (κ2) is 10.3. The Morgan fingerprint density at radius 2 is 1.67 bits per heavy atom. The fraction of sp³-hybridized carbons (Fsp3) is 0.400. The summed E-state index contributed by atoms with van der Waals surface area (Å²) in [6.45, 7) is 4.78. The van der Waals surface area contributed by atoms with E-state index in [4.69, 9.17) is 4.74 Å². The maximum atomic E-state index is 13.5. The van der Waals surface area contributed by atoms with E-state index >= 15 is 0 Å². The molecule has 2 aromatic heterocycles. The van der Waals surface area contributed by atoms with Crippen LogP contribution in [0.2, 0.25) is 0 Å². The summed E-state index contributed by atoms with van der Waals surface area (Å²) in [5, 5.41) is 18.7. The van der Waals surface area contributed by atoms with E-state index in [1.807, 2.05) is 65.4 Å². The first kappa shape index (κ1) is 24.4. The first-order valence-corrected chi connectivity index (χ1v) is 13.0. The van der Waals surface area contributed by atoms with Crippen molar-refractivity contribution in [3.63, 3.8) is 0 Å². The molecule has 33 heavy (non-hydrogen) atoms. The molecule has 0 aliphatic carbocycles. The number of ether oxygens (including phenoxy) is 1. The number of quaternary nitrogens is 1. The van der Waals surface area contributed by atoms with Gasteiger partial charge < -0.3 is 36.6 Å². The number of carbonyl (C=O) groups is 1. The number of hydrogen-bond acceptors (Lipinski definition) is 5. The summed E-state index contributed by atoms with van der Waals surface area (Å²) in [5.74, 6) is 1.07. The minimum Gasteiger partial charge on any atom is -1.00 e. The van der Waals surface area contributed by atoms with E-state index in [0.717, 1.165) is 49.3 Å². The molecule has 0 saturated carbocycles. The largest absolute Gasteiger partial charge is 1.00 e. The van der Waals surface area contributed by atoms with Crippen LogP contribution in [0.4, 0.5) is 0 Å². The van der Waals surface area contributed by atoms with E-state index in [2.05, 4.69) is 5.32 Å². The fourth-order valence-electron chi connectivity index (χ4n) is 5.23. The predicted octanol–water partition coefficient (Wildman–Crippen LogP) is 0.854. The number of hydrogen-bond donors (Lipinski definition) is 2. The van der Waals surface area contributed by atoms with Gasteiger partial charge in [-0.15, -0.1) is 22.7 Å². The van der Waals surface area contributed by atoms with E-state index in [9.17, 15) is 9.90 Å². The predicted molar refractivity (Wildman–Crippen MR) is 128 cm³/mol. The zero-order valence-corrected chi connectivity index (χ0v) is 21.6. The van der Waals surface area contributed by atoms with Crippen molar-refractivity contribution in [2.45, 2.75) is 24.5 Å². The zero-order valence-electron chi connectivity index (χ0n) is 18.4. The molecule has 0 unspecified atom stereocenters. The van der Waals surface area contributed by atoms with E-state index in [0.29, 0.717) is 22.3 Å². The lowest BCUT2D eigenvalue weighted by molar-refractivity contribution is -0.943. The number of rotatable bonds is 8. The third-order valence-corrected chi connectivity index (χ3v) is 9.04. The smallest absolute Gasteiger partial charge is 0.263 e. The Bertz CT molecular complexity index is 985. The van der Waals surface area contributed by atoms with Crippen LogP contribution >= 0.6 is 22.7 Å². The second-order valence-corrected chi connectivity index (χ2v) is 10.8. The molecule has 5 nitrogen and oxygen atoms in total. The lowest BCUT2D eigenvalue weighted by Gasteiger charge is -2.53. The summed E-state index contributed by atoms with van der Waals surface area (Å²) in [4.78, 5) is 14.9. The molecule has 3 aromatic rings. The number of piperidine rings is 3. The molecule has 1 atom stereocenters. The van der Waals surface area contributed by atoms with Crippen LogP contribution in [0.5, 0.6) is 5.75 Å². The van der Waals surface area contributed by atoms with Crippen molar-refractivity contribution in [2.24, 2.45) is 5.92 Å². The summed E-state index contributed by atoms with van der Waals surface area (Å²) in [7, 11) is 0. The van der Waals surface area contributed by atoms with Crippen LogP contribution in [0.15, 0.2) is 65.4 Å². The fourth-order valence-corrected chi connectivity index (χ4v) is 6.96. The summed E-state index contributed by atoms with van der Waals surface area (Å²) >= 11 is 2.83. The molecule has 8 heteroatoms. The Balaban J connectivity index is 0.00000259. The molecule has 5 heterocycles. The van der Waals surface area contributed by atoms with Gasteiger partial charge in [-0.05, 0) is 40.9 Å². The van der Waals surface area contributed by atoms with Gasteiger partial charge in [-0.2, -0.15) is 0 Å². The number of thiophene rings is 2. The van der Waals surface area contributed by atoms with Crippen molar-refractivity contribution >= 4 is 28.6 Å². The van der Waals surface area contributed by atoms with Crippen molar-refractivity contribution < 1.29 is 36.1 Å². The van der Waals surface area contributed by atoms with Crippen molar-refractivity contribution in [1.82, 2.24) is 5.32 Å². The number of amides is 1. The van der Waals surface area contributed by atoms with E-state index in [-0.39, 0.29) is 28.9 Å². The highest BCUT2D eigenvalue weighted by Crippen LogP contribution is 2.38. The van der Waals surface area contributed by atoms with Gasteiger partial charge in [0.15, 0.2) is 0 Å². The SMILES string of the molecule is O=C(N[C@H]1C[N+]2(CCOc3ccccc3)CCC1CC2)C(O)(c1cccs1)c1cccs1.[Br-]. The van der Waals surface area contributed by atoms with Gasteiger partial charge in [0.25, 0.3) is 5.91 Å². The maximum absolute atomic E-state index is 13.5. The Kier molecular flexibility index (Phi) is 7.60. The number of para-hydroxylation sites is 1. The van der Waals surface area contributed by atoms with Crippen molar-refractivity contribution in [3.05, 3.63) is 75.1 Å². The third kappa shape index (κ3) is 4.91. The van der Waals surface area contributed by atoms with Crippen LogP contribution in [0.1, 0.15) is 22.6 Å². The molecule has 2 bridgehead atoms. The second-order valence-electron chi connectivity index (χ2n) is 8.94. The van der Waals surface area contributed by atoms with Gasteiger partial charge in [-0.1, -0.05) is 30.3 Å². The maximum Gasteiger partial charge on any atom is 0.263 e. The number of halogens is 1. The van der Waals surface area contributed by atoms with Gasteiger partial charge in [0, 0.05) is 12.8 Å². The first-order chi connectivity index (χ1) is 15.6. The molecule has 1 aromatic carbocycles. The Morgan fingerprint density at radius 1 is 1.03 bits per heavy atom. The zero-order chi connectivity index (χ0) is 22.0. The van der Waals surface area contributed by atoms with Crippen molar-refractivity contribution in [3.8, 4) is 5.75 Å². The molecule has 0 radical (unpaired) electrons. The quantitative estimate of drug-likeness (QED) is 0.410. The standard InChI is InChI=1S/C25H28N2O3S2.BrH/c28-24(25(29,22-8-4-16-31-22)23-9-5-17-32-23)26-21-18-27(12-10-19(21)11-13-27)14-15-30-20-6-2-1-3-7-20;/h1-9,16-17,19,21,29H,10-15,18H2;1H/t19?,21-,27?;/m0./s1. The number of carbonyl (C=O) groups excluding carboxylic acids is 1. The number of nitrogens with one attached hydrogen (secondary N) is 1. The average Bonchev–Trinajstić information content (AvgIpc) is 3.55. The normalized spacial score (nSPS) is 24.2. The van der Waals surface area contributed by atoms with Crippen LogP contribution in [-0.2, 0) is 10.4 Å². The Labute approximate surface area is 213 Å². The van der Waals surface area contributed by atoms with Gasteiger partial charge >= 0.3 is 0 Å². The minimum atomic E-state index is -1.63. The summed E-state index contributed by atoms with van der Waals surface area (Å²) in [6, 6.07) is 17.5. The van der Waals surface area contributed by atoms with Gasteiger partial charge in [0.2, 0.25) is 5.60 Å². The monoisotopic (exact) mass is 548 g/mol. The first-order valence-electron chi connectivity index (χ1n) is 11.2. The van der Waals surface area contributed by atoms with E-state index in [1.54, 1.807) is 0 Å². The summed E-state index contributed by atoms with van der Waals surface area (Å²) < 4.78 is 6.96. The lowest BCUT2D eigenvalue weighted by atomic mass is 9.81. The number of nitrogens with zero attached hydrogens (tertiary/aromatic N) is 1. The molecular formula is C25H29BrN2O3S2. The molecule has 3 fully saturated rings.